The smallest absolute Gasteiger partial charge is 0.239 e. The van der Waals surface area contributed by atoms with Crippen LogP contribution >= 0.6 is 23.2 Å². The lowest BCUT2D eigenvalue weighted by Crippen LogP contribution is -2.41. The number of carbonyl (C=O) groups excluding carboxylic acids is 2. The van der Waals surface area contributed by atoms with Crippen molar-refractivity contribution in [3.05, 3.63) is 33.8 Å². The fourth-order valence-corrected chi connectivity index (χ4v) is 2.06. The molecule has 0 heterocycles. The van der Waals surface area contributed by atoms with Crippen LogP contribution in [0.4, 0.5) is 0 Å². The molecule has 0 aromatic heterocycles. The molecule has 21 heavy (non-hydrogen) atoms. The van der Waals surface area contributed by atoms with Crippen molar-refractivity contribution in [1.29, 1.82) is 0 Å². The van der Waals surface area contributed by atoms with Crippen LogP contribution in [0.1, 0.15) is 5.56 Å². The highest BCUT2D eigenvalue weighted by atomic mass is 35.5. The molecule has 0 atom stereocenters. The third-order valence-electron chi connectivity index (χ3n) is 2.93. The lowest BCUT2D eigenvalue weighted by Gasteiger charge is -2.21. The van der Waals surface area contributed by atoms with Crippen LogP contribution < -0.4 is 5.32 Å². The van der Waals surface area contributed by atoms with Crippen LogP contribution in [0, 0.1) is 0 Å². The highest BCUT2D eigenvalue weighted by molar-refractivity contribution is 6.42. The molecule has 1 aromatic rings. The van der Waals surface area contributed by atoms with Gasteiger partial charge in [-0.05, 0) is 24.7 Å². The predicted octanol–water partition coefficient (Wildman–Crippen LogP) is 1.63. The van der Waals surface area contributed by atoms with E-state index in [1.807, 2.05) is 18.0 Å². The summed E-state index contributed by atoms with van der Waals surface area (Å²) >= 11 is 11.8. The van der Waals surface area contributed by atoms with E-state index in [1.54, 1.807) is 19.2 Å². The van der Waals surface area contributed by atoms with E-state index in [2.05, 4.69) is 5.32 Å². The highest BCUT2D eigenvalue weighted by Crippen LogP contribution is 2.23. The lowest BCUT2D eigenvalue weighted by molar-refractivity contribution is -0.135. The van der Waals surface area contributed by atoms with Gasteiger partial charge in [0.1, 0.15) is 0 Å². The second-order valence-electron chi connectivity index (χ2n) is 4.84. The van der Waals surface area contributed by atoms with Crippen molar-refractivity contribution in [2.45, 2.75) is 6.54 Å². The maximum atomic E-state index is 12.0. The van der Waals surface area contributed by atoms with Gasteiger partial charge < -0.3 is 10.2 Å². The monoisotopic (exact) mass is 331 g/mol. The number of likely N-dealkylation sites (N-methyl/N-ethyl adjacent to an activating group) is 3. The second kappa shape index (κ2) is 8.22. The molecule has 7 heteroatoms. The summed E-state index contributed by atoms with van der Waals surface area (Å²) in [6.45, 7) is 0.833. The van der Waals surface area contributed by atoms with Crippen molar-refractivity contribution in [2.75, 3.05) is 34.2 Å². The Kier molecular flexibility index (Phi) is 6.95. The summed E-state index contributed by atoms with van der Waals surface area (Å²) in [5.74, 6) is -0.320. The van der Waals surface area contributed by atoms with Crippen LogP contribution in [0.15, 0.2) is 18.2 Å². The van der Waals surface area contributed by atoms with Gasteiger partial charge in [0.15, 0.2) is 0 Å². The molecule has 2 amide bonds. The van der Waals surface area contributed by atoms with Gasteiger partial charge in [0.2, 0.25) is 11.8 Å². The number of benzene rings is 1. The van der Waals surface area contributed by atoms with E-state index in [9.17, 15) is 9.59 Å². The first-order chi connectivity index (χ1) is 9.83. The number of nitrogens with zero attached hydrogens (tertiary/aromatic N) is 2. The molecule has 0 spiro atoms. The Morgan fingerprint density at radius 1 is 1.14 bits per heavy atom. The molecular formula is C14H19Cl2N3O2. The van der Waals surface area contributed by atoms with Crippen LogP contribution in [0.25, 0.3) is 0 Å². The molecule has 0 aliphatic carbocycles. The van der Waals surface area contributed by atoms with Gasteiger partial charge in [0.25, 0.3) is 0 Å². The van der Waals surface area contributed by atoms with E-state index in [4.69, 9.17) is 23.2 Å². The molecule has 0 radical (unpaired) electrons. The standard InChI is InChI=1S/C14H19Cl2N3O2/c1-17-13(20)8-19(3)14(21)9-18(2)7-10-4-5-11(15)12(16)6-10/h4-6H,7-9H2,1-3H3,(H,17,20). The molecular weight excluding hydrogens is 313 g/mol. The molecule has 5 nitrogen and oxygen atoms in total. The Balaban J connectivity index is 2.52. The van der Waals surface area contributed by atoms with Gasteiger partial charge in [0, 0.05) is 20.6 Å². The van der Waals surface area contributed by atoms with Gasteiger partial charge >= 0.3 is 0 Å². The Bertz CT molecular complexity index is 523. The molecule has 0 unspecified atom stereocenters. The molecule has 0 saturated carbocycles. The third kappa shape index (κ3) is 5.91. The zero-order chi connectivity index (χ0) is 16.0. The average molecular weight is 332 g/mol. The van der Waals surface area contributed by atoms with Crippen molar-refractivity contribution in [3.63, 3.8) is 0 Å². The van der Waals surface area contributed by atoms with Crippen LogP contribution in [-0.2, 0) is 16.1 Å². The summed E-state index contributed by atoms with van der Waals surface area (Å²) in [5, 5.41) is 3.48. The van der Waals surface area contributed by atoms with Crippen molar-refractivity contribution in [2.24, 2.45) is 0 Å². The van der Waals surface area contributed by atoms with E-state index in [-0.39, 0.29) is 24.9 Å². The quantitative estimate of drug-likeness (QED) is 0.861. The fraction of sp³-hybridized carbons (Fsp3) is 0.429. The van der Waals surface area contributed by atoms with Crippen LogP contribution in [0.2, 0.25) is 10.0 Å². The summed E-state index contributed by atoms with van der Waals surface area (Å²) in [6.07, 6.45) is 0. The number of hydrogen-bond donors (Lipinski definition) is 1. The van der Waals surface area contributed by atoms with Gasteiger partial charge in [-0.1, -0.05) is 29.3 Å². The zero-order valence-corrected chi connectivity index (χ0v) is 13.8. The molecule has 0 fully saturated rings. The SMILES string of the molecule is CNC(=O)CN(C)C(=O)CN(C)Cc1ccc(Cl)c(Cl)c1. The Labute approximate surface area is 134 Å². The number of amides is 2. The van der Waals surface area contributed by atoms with Gasteiger partial charge in [-0.2, -0.15) is 0 Å². The van der Waals surface area contributed by atoms with Gasteiger partial charge in [-0.15, -0.1) is 0 Å². The van der Waals surface area contributed by atoms with Crippen molar-refractivity contribution < 1.29 is 9.59 Å². The summed E-state index contributed by atoms with van der Waals surface area (Å²) in [4.78, 5) is 26.4. The van der Waals surface area contributed by atoms with Crippen molar-refractivity contribution >= 4 is 35.0 Å². The normalized spacial score (nSPS) is 10.6. The maximum Gasteiger partial charge on any atom is 0.239 e. The zero-order valence-electron chi connectivity index (χ0n) is 12.3. The number of carbonyl (C=O) groups is 2. The van der Waals surface area contributed by atoms with E-state index in [0.717, 1.165) is 5.56 Å². The summed E-state index contributed by atoms with van der Waals surface area (Å²) in [7, 11) is 4.97. The minimum Gasteiger partial charge on any atom is -0.358 e. The second-order valence-corrected chi connectivity index (χ2v) is 5.66. The maximum absolute atomic E-state index is 12.0. The molecule has 0 bridgehead atoms. The number of hydrogen-bond acceptors (Lipinski definition) is 3. The molecule has 0 aliphatic rings. The molecule has 0 saturated heterocycles. The molecule has 1 N–H and O–H groups in total. The Morgan fingerprint density at radius 3 is 2.38 bits per heavy atom. The number of nitrogens with one attached hydrogen (secondary N) is 1. The first-order valence-electron chi connectivity index (χ1n) is 6.40. The van der Waals surface area contributed by atoms with Gasteiger partial charge in [-0.3, -0.25) is 14.5 Å². The Hall–Kier alpha value is -1.30. The van der Waals surface area contributed by atoms with Crippen LogP contribution in [0.5, 0.6) is 0 Å². The minimum atomic E-state index is -0.196. The molecule has 116 valence electrons. The van der Waals surface area contributed by atoms with E-state index >= 15 is 0 Å². The summed E-state index contributed by atoms with van der Waals surface area (Å²) in [5.41, 5.74) is 0.966. The van der Waals surface area contributed by atoms with Crippen LogP contribution in [-0.4, -0.2) is 55.8 Å². The molecule has 1 rings (SSSR count). The summed E-state index contributed by atoms with van der Waals surface area (Å²) in [6, 6.07) is 5.37. The fourth-order valence-electron chi connectivity index (χ4n) is 1.74. The Morgan fingerprint density at radius 2 is 1.81 bits per heavy atom. The average Bonchev–Trinajstić information content (AvgIpc) is 2.42. The topological polar surface area (TPSA) is 52.7 Å². The largest absolute Gasteiger partial charge is 0.358 e. The number of halogens is 2. The van der Waals surface area contributed by atoms with Crippen molar-refractivity contribution in [1.82, 2.24) is 15.1 Å². The number of rotatable bonds is 6. The molecule has 0 aliphatic heterocycles. The highest BCUT2D eigenvalue weighted by Gasteiger charge is 2.14. The van der Waals surface area contributed by atoms with Gasteiger partial charge in [0.05, 0.1) is 23.1 Å². The van der Waals surface area contributed by atoms with E-state index < -0.39 is 0 Å². The predicted molar refractivity (Wildman–Crippen MR) is 84.5 cm³/mol. The van der Waals surface area contributed by atoms with Crippen molar-refractivity contribution in [3.8, 4) is 0 Å². The molecule has 1 aromatic carbocycles. The first kappa shape index (κ1) is 17.8. The van der Waals surface area contributed by atoms with Crippen LogP contribution in [0.3, 0.4) is 0 Å². The van der Waals surface area contributed by atoms with E-state index in [1.165, 1.54) is 11.9 Å². The van der Waals surface area contributed by atoms with E-state index in [0.29, 0.717) is 16.6 Å². The van der Waals surface area contributed by atoms with Gasteiger partial charge in [-0.25, -0.2) is 0 Å². The summed E-state index contributed by atoms with van der Waals surface area (Å²) < 4.78 is 0. The lowest BCUT2D eigenvalue weighted by atomic mass is 10.2. The third-order valence-corrected chi connectivity index (χ3v) is 3.67. The first-order valence-corrected chi connectivity index (χ1v) is 7.16. The minimum absolute atomic E-state index is 0.0515.